The smallest absolute Gasteiger partial charge is 0.254 e. The second-order valence-corrected chi connectivity index (χ2v) is 8.63. The molecule has 26 heavy (non-hydrogen) atoms. The van der Waals surface area contributed by atoms with Crippen molar-refractivity contribution in [2.45, 2.75) is 42.9 Å². The van der Waals surface area contributed by atoms with E-state index in [4.69, 9.17) is 4.42 Å². The van der Waals surface area contributed by atoms with E-state index in [2.05, 4.69) is 12.2 Å². The Morgan fingerprint density at radius 1 is 1.31 bits per heavy atom. The van der Waals surface area contributed by atoms with Gasteiger partial charge in [-0.2, -0.15) is 0 Å². The van der Waals surface area contributed by atoms with E-state index in [-0.39, 0.29) is 17.1 Å². The van der Waals surface area contributed by atoms with Gasteiger partial charge in [-0.3, -0.25) is 9.59 Å². The Hall–Kier alpha value is -2.21. The normalized spacial score (nSPS) is 24.0. The van der Waals surface area contributed by atoms with Crippen molar-refractivity contribution >= 4 is 29.3 Å². The number of hydrogen-bond donors (Lipinski definition) is 1. The molecule has 4 rings (SSSR count). The van der Waals surface area contributed by atoms with Gasteiger partial charge in [0.15, 0.2) is 0 Å². The quantitative estimate of drug-likeness (QED) is 0.880. The number of hydrogen-bond acceptors (Lipinski definition) is 4. The summed E-state index contributed by atoms with van der Waals surface area (Å²) in [4.78, 5) is 27.2. The highest BCUT2D eigenvalue weighted by Gasteiger charge is 2.36. The van der Waals surface area contributed by atoms with Gasteiger partial charge in [0.25, 0.3) is 5.91 Å². The molecule has 0 radical (unpaired) electrons. The van der Waals surface area contributed by atoms with Crippen LogP contribution in [0.3, 0.4) is 0 Å². The number of benzene rings is 1. The third-order valence-corrected chi connectivity index (χ3v) is 6.23. The minimum absolute atomic E-state index is 0.0297. The van der Waals surface area contributed by atoms with E-state index in [0.717, 1.165) is 16.4 Å². The summed E-state index contributed by atoms with van der Waals surface area (Å²) in [7, 11) is 1.76. The number of rotatable bonds is 4. The molecule has 0 unspecified atom stereocenters. The van der Waals surface area contributed by atoms with Crippen molar-refractivity contribution in [1.29, 1.82) is 0 Å². The molecule has 0 spiro atoms. The van der Waals surface area contributed by atoms with Crippen LogP contribution in [-0.2, 0) is 11.3 Å². The van der Waals surface area contributed by atoms with E-state index in [9.17, 15) is 9.59 Å². The lowest BCUT2D eigenvalue weighted by atomic mass is 10.1. The fourth-order valence-corrected chi connectivity index (χ4v) is 4.20. The molecule has 1 saturated carbocycles. The first-order chi connectivity index (χ1) is 12.4. The lowest BCUT2D eigenvalue weighted by molar-refractivity contribution is -0.115. The number of carbonyl (C=O) groups is 2. The lowest BCUT2D eigenvalue weighted by Crippen LogP contribution is -2.28. The average Bonchev–Trinajstić information content (AvgIpc) is 3.16. The fourth-order valence-electron chi connectivity index (χ4n) is 3.27. The van der Waals surface area contributed by atoms with E-state index in [1.807, 2.05) is 31.2 Å². The van der Waals surface area contributed by atoms with Crippen LogP contribution in [0.5, 0.6) is 0 Å². The maximum atomic E-state index is 12.8. The van der Waals surface area contributed by atoms with E-state index in [1.54, 1.807) is 18.0 Å². The van der Waals surface area contributed by atoms with Gasteiger partial charge in [-0.25, -0.2) is 0 Å². The molecule has 2 heterocycles. The van der Waals surface area contributed by atoms with E-state index < -0.39 is 0 Å². The molecule has 2 amide bonds. The van der Waals surface area contributed by atoms with Gasteiger partial charge in [-0.15, -0.1) is 11.8 Å². The Morgan fingerprint density at radius 3 is 2.81 bits per heavy atom. The minimum atomic E-state index is -0.117. The molecule has 1 aliphatic heterocycles. The van der Waals surface area contributed by atoms with Crippen molar-refractivity contribution in [3.05, 3.63) is 47.4 Å². The van der Waals surface area contributed by atoms with E-state index in [1.165, 1.54) is 18.2 Å². The Bertz CT molecular complexity index is 876. The Balaban J connectivity index is 1.46. The Labute approximate surface area is 157 Å². The number of furan rings is 1. The maximum Gasteiger partial charge on any atom is 0.254 e. The largest absolute Gasteiger partial charge is 0.464 e. The van der Waals surface area contributed by atoms with Gasteiger partial charge in [0, 0.05) is 23.4 Å². The number of nitrogens with one attached hydrogen (secondary N) is 1. The molecule has 6 heteroatoms. The monoisotopic (exact) mass is 370 g/mol. The van der Waals surface area contributed by atoms with Crippen molar-refractivity contribution in [3.63, 3.8) is 0 Å². The number of nitrogens with zero attached hydrogens (tertiary/aromatic N) is 1. The highest BCUT2D eigenvalue weighted by atomic mass is 32.2. The molecular weight excluding hydrogens is 348 g/mol. The summed E-state index contributed by atoms with van der Waals surface area (Å²) < 4.78 is 5.90. The van der Waals surface area contributed by atoms with Crippen LogP contribution in [-0.4, -0.2) is 29.0 Å². The van der Waals surface area contributed by atoms with Crippen LogP contribution in [0.25, 0.3) is 0 Å². The molecule has 3 atom stereocenters. The number of amides is 2. The predicted octanol–water partition coefficient (Wildman–Crippen LogP) is 4.11. The first-order valence-electron chi connectivity index (χ1n) is 8.88. The zero-order valence-corrected chi connectivity index (χ0v) is 15.9. The number of anilines is 1. The summed E-state index contributed by atoms with van der Waals surface area (Å²) in [5.41, 5.74) is 1.27. The first kappa shape index (κ1) is 17.2. The molecule has 5 nitrogen and oxygen atoms in total. The summed E-state index contributed by atoms with van der Waals surface area (Å²) in [5, 5.41) is 2.75. The molecule has 2 aliphatic rings. The molecular formula is C20H22N2O3S. The van der Waals surface area contributed by atoms with Crippen molar-refractivity contribution < 1.29 is 14.0 Å². The molecule has 1 fully saturated rings. The third kappa shape index (κ3) is 3.26. The Kier molecular flexibility index (Phi) is 4.31. The van der Waals surface area contributed by atoms with Crippen LogP contribution in [0, 0.1) is 5.92 Å². The molecule has 0 bridgehead atoms. The molecule has 136 valence electrons. The summed E-state index contributed by atoms with van der Waals surface area (Å²) >= 11 is 1.51. The Morgan fingerprint density at radius 2 is 2.08 bits per heavy atom. The highest BCUT2D eigenvalue weighted by Crippen LogP contribution is 2.47. The van der Waals surface area contributed by atoms with Gasteiger partial charge < -0.3 is 14.6 Å². The van der Waals surface area contributed by atoms with Gasteiger partial charge in [0.2, 0.25) is 5.91 Å². The fraction of sp³-hybridized carbons (Fsp3) is 0.400. The second-order valence-electron chi connectivity index (χ2n) is 7.25. The average molecular weight is 370 g/mol. The van der Waals surface area contributed by atoms with Crippen molar-refractivity contribution in [3.8, 4) is 0 Å². The number of fused-ring (bicyclic) bond motifs is 1. The standard InChI is InChI=1S/C20H22N2O3S/c1-11-8-15(11)17-6-5-14(25-17)10-22(3)20(24)13-4-7-18-16(9-13)21-19(23)12(2)26-18/h4-7,9,11-12,15H,8,10H2,1-3H3,(H,21,23)/t11-,12-,15+/m0/s1. The van der Waals surface area contributed by atoms with Crippen LogP contribution in [0.1, 0.15) is 48.1 Å². The zero-order chi connectivity index (χ0) is 18.4. The molecule has 2 aromatic rings. The summed E-state index contributed by atoms with van der Waals surface area (Å²) in [6.45, 7) is 4.52. The summed E-state index contributed by atoms with van der Waals surface area (Å²) in [6, 6.07) is 9.44. The van der Waals surface area contributed by atoms with Crippen LogP contribution in [0.2, 0.25) is 0 Å². The van der Waals surface area contributed by atoms with Gasteiger partial charge in [0.1, 0.15) is 11.5 Å². The zero-order valence-electron chi connectivity index (χ0n) is 15.1. The number of thioether (sulfide) groups is 1. The van der Waals surface area contributed by atoms with Gasteiger partial charge in [0.05, 0.1) is 17.5 Å². The molecule has 1 N–H and O–H groups in total. The van der Waals surface area contributed by atoms with Crippen molar-refractivity contribution in [2.24, 2.45) is 5.92 Å². The van der Waals surface area contributed by atoms with Crippen molar-refractivity contribution in [2.75, 3.05) is 12.4 Å². The van der Waals surface area contributed by atoms with Gasteiger partial charge in [-0.1, -0.05) is 6.92 Å². The van der Waals surface area contributed by atoms with Crippen LogP contribution < -0.4 is 5.32 Å². The molecule has 1 aromatic carbocycles. The number of carbonyl (C=O) groups excluding carboxylic acids is 2. The summed E-state index contributed by atoms with van der Waals surface area (Å²) in [6.07, 6.45) is 1.18. The molecule has 1 aromatic heterocycles. The maximum absolute atomic E-state index is 12.8. The lowest BCUT2D eigenvalue weighted by Gasteiger charge is -2.22. The first-order valence-corrected chi connectivity index (χ1v) is 9.76. The minimum Gasteiger partial charge on any atom is -0.464 e. The van der Waals surface area contributed by atoms with Gasteiger partial charge in [-0.05, 0) is 49.6 Å². The third-order valence-electron chi connectivity index (χ3n) is 5.05. The SMILES string of the molecule is C[C@@H]1Sc2ccc(C(=O)N(C)Cc3ccc([C@@H]4C[C@@H]4C)o3)cc2NC1=O. The van der Waals surface area contributed by atoms with Crippen molar-refractivity contribution in [1.82, 2.24) is 4.90 Å². The van der Waals surface area contributed by atoms with Gasteiger partial charge >= 0.3 is 0 Å². The summed E-state index contributed by atoms with van der Waals surface area (Å²) in [5.74, 6) is 2.93. The van der Waals surface area contributed by atoms with E-state index in [0.29, 0.717) is 29.6 Å². The predicted molar refractivity (Wildman–Crippen MR) is 101 cm³/mol. The molecule has 1 aliphatic carbocycles. The second kappa shape index (κ2) is 6.50. The van der Waals surface area contributed by atoms with Crippen LogP contribution >= 0.6 is 11.8 Å². The highest BCUT2D eigenvalue weighted by molar-refractivity contribution is 8.00. The topological polar surface area (TPSA) is 62.6 Å². The van der Waals surface area contributed by atoms with E-state index >= 15 is 0 Å². The molecule has 0 saturated heterocycles. The van der Waals surface area contributed by atoms with Crippen LogP contribution in [0.15, 0.2) is 39.6 Å². The van der Waals surface area contributed by atoms with Crippen LogP contribution in [0.4, 0.5) is 5.69 Å².